The van der Waals surface area contributed by atoms with Crippen molar-refractivity contribution in [3.8, 4) is 0 Å². The maximum atomic E-state index is 12.8. The van der Waals surface area contributed by atoms with Crippen molar-refractivity contribution in [3.05, 3.63) is 40.8 Å². The van der Waals surface area contributed by atoms with Crippen LogP contribution in [0.4, 0.5) is 0 Å². The van der Waals surface area contributed by atoms with E-state index in [1.54, 1.807) is 12.4 Å². The molecule has 0 radical (unpaired) electrons. The van der Waals surface area contributed by atoms with Gasteiger partial charge in [-0.2, -0.15) is 0 Å². The van der Waals surface area contributed by atoms with Crippen LogP contribution < -0.4 is 0 Å². The normalized spacial score (nSPS) is 17.7. The maximum absolute atomic E-state index is 12.8. The molecular weight excluding hydrogens is 320 g/mol. The molecule has 0 spiro atoms. The van der Waals surface area contributed by atoms with Crippen LogP contribution >= 0.6 is 0 Å². The van der Waals surface area contributed by atoms with Crippen LogP contribution in [0.2, 0.25) is 0 Å². The van der Waals surface area contributed by atoms with Crippen LogP contribution in [0.15, 0.2) is 16.9 Å². The molecule has 3 heterocycles. The molecule has 1 aliphatic rings. The second-order valence-corrected chi connectivity index (χ2v) is 6.42. The molecule has 1 amide bonds. The minimum atomic E-state index is 0.0585. The highest BCUT2D eigenvalue weighted by molar-refractivity contribution is 5.79. The SMILES string of the molecule is Cc1nccnc1CC[C@H]1COCCN1C(=O)Cc1c(C)noc1C. The van der Waals surface area contributed by atoms with E-state index in [4.69, 9.17) is 9.26 Å². The van der Waals surface area contributed by atoms with Crippen molar-refractivity contribution in [3.63, 3.8) is 0 Å². The Labute approximate surface area is 147 Å². The second-order valence-electron chi connectivity index (χ2n) is 6.42. The number of nitrogens with zero attached hydrogens (tertiary/aromatic N) is 4. The summed E-state index contributed by atoms with van der Waals surface area (Å²) in [4.78, 5) is 23.4. The Bertz CT molecular complexity index is 724. The van der Waals surface area contributed by atoms with E-state index in [-0.39, 0.29) is 11.9 Å². The first-order valence-electron chi connectivity index (χ1n) is 8.61. The van der Waals surface area contributed by atoms with Gasteiger partial charge in [-0.3, -0.25) is 14.8 Å². The molecule has 3 rings (SSSR count). The van der Waals surface area contributed by atoms with Gasteiger partial charge in [-0.05, 0) is 33.6 Å². The third kappa shape index (κ3) is 4.04. The molecule has 0 unspecified atom stereocenters. The summed E-state index contributed by atoms with van der Waals surface area (Å²) in [5.41, 5.74) is 3.59. The van der Waals surface area contributed by atoms with Gasteiger partial charge in [0, 0.05) is 24.5 Å². The summed E-state index contributed by atoms with van der Waals surface area (Å²) in [6.07, 6.45) is 5.32. The molecule has 0 saturated carbocycles. The van der Waals surface area contributed by atoms with Gasteiger partial charge >= 0.3 is 0 Å². The van der Waals surface area contributed by atoms with Crippen molar-refractivity contribution >= 4 is 5.91 Å². The number of amides is 1. The van der Waals surface area contributed by atoms with Crippen LogP contribution in [0, 0.1) is 20.8 Å². The molecule has 1 saturated heterocycles. The summed E-state index contributed by atoms with van der Waals surface area (Å²) in [6, 6.07) is 0.0585. The monoisotopic (exact) mass is 344 g/mol. The first-order valence-corrected chi connectivity index (χ1v) is 8.61. The number of ether oxygens (including phenoxy) is 1. The minimum absolute atomic E-state index is 0.0585. The highest BCUT2D eigenvalue weighted by Gasteiger charge is 2.28. The number of carbonyl (C=O) groups is 1. The van der Waals surface area contributed by atoms with Gasteiger partial charge in [0.15, 0.2) is 0 Å². The fourth-order valence-electron chi connectivity index (χ4n) is 3.21. The van der Waals surface area contributed by atoms with Crippen LogP contribution in [-0.4, -0.2) is 51.7 Å². The van der Waals surface area contributed by atoms with Crippen molar-refractivity contribution in [1.82, 2.24) is 20.0 Å². The van der Waals surface area contributed by atoms with Crippen LogP contribution in [0.1, 0.15) is 34.8 Å². The summed E-state index contributed by atoms with van der Waals surface area (Å²) >= 11 is 0. The van der Waals surface area contributed by atoms with E-state index in [1.807, 2.05) is 25.7 Å². The summed E-state index contributed by atoms with van der Waals surface area (Å²) in [5, 5.41) is 3.93. The van der Waals surface area contributed by atoms with Gasteiger partial charge in [-0.1, -0.05) is 5.16 Å². The molecule has 7 heteroatoms. The summed E-state index contributed by atoms with van der Waals surface area (Å²) in [7, 11) is 0. The Hall–Kier alpha value is -2.28. The fourth-order valence-corrected chi connectivity index (χ4v) is 3.21. The maximum Gasteiger partial charge on any atom is 0.227 e. The zero-order chi connectivity index (χ0) is 17.8. The first kappa shape index (κ1) is 17.5. The molecule has 0 N–H and O–H groups in total. The molecule has 2 aromatic rings. The number of hydrogen-bond acceptors (Lipinski definition) is 6. The number of rotatable bonds is 5. The standard InChI is InChI=1S/C18H24N4O3/c1-12-16(14(3)25-21-12)10-18(23)22-8-9-24-11-15(22)4-5-17-13(2)19-6-7-20-17/h6-7,15H,4-5,8-11H2,1-3H3/t15-/m0/s1. The van der Waals surface area contributed by atoms with Crippen LogP contribution in [0.5, 0.6) is 0 Å². The van der Waals surface area contributed by atoms with E-state index in [0.717, 1.165) is 35.5 Å². The largest absolute Gasteiger partial charge is 0.377 e. The van der Waals surface area contributed by atoms with Crippen molar-refractivity contribution in [2.24, 2.45) is 0 Å². The molecule has 0 bridgehead atoms. The zero-order valence-corrected chi connectivity index (χ0v) is 15.0. The third-order valence-electron chi connectivity index (χ3n) is 4.75. The molecule has 1 atom stereocenters. The highest BCUT2D eigenvalue weighted by atomic mass is 16.5. The first-order chi connectivity index (χ1) is 12.1. The van der Waals surface area contributed by atoms with Gasteiger partial charge in [-0.15, -0.1) is 0 Å². The molecule has 1 fully saturated rings. The van der Waals surface area contributed by atoms with Gasteiger partial charge < -0.3 is 14.2 Å². The number of aryl methyl sites for hydroxylation is 4. The molecule has 2 aromatic heterocycles. The lowest BCUT2D eigenvalue weighted by Crippen LogP contribution is -2.49. The van der Waals surface area contributed by atoms with Gasteiger partial charge in [0.1, 0.15) is 5.76 Å². The molecule has 134 valence electrons. The lowest BCUT2D eigenvalue weighted by molar-refractivity contribution is -0.139. The lowest BCUT2D eigenvalue weighted by Gasteiger charge is -2.36. The fraction of sp³-hybridized carbons (Fsp3) is 0.556. The van der Waals surface area contributed by atoms with E-state index < -0.39 is 0 Å². The van der Waals surface area contributed by atoms with E-state index >= 15 is 0 Å². The predicted molar refractivity (Wildman–Crippen MR) is 91.1 cm³/mol. The molecule has 0 aromatic carbocycles. The number of morpholine rings is 1. The Morgan fingerprint density at radius 3 is 2.76 bits per heavy atom. The van der Waals surface area contributed by atoms with Crippen LogP contribution in [0.25, 0.3) is 0 Å². The predicted octanol–water partition coefficient (Wildman–Crippen LogP) is 1.79. The van der Waals surface area contributed by atoms with E-state index in [2.05, 4.69) is 15.1 Å². The Kier molecular flexibility index (Phi) is 5.43. The third-order valence-corrected chi connectivity index (χ3v) is 4.75. The van der Waals surface area contributed by atoms with Crippen molar-refractivity contribution in [1.29, 1.82) is 0 Å². The summed E-state index contributed by atoms with van der Waals surface area (Å²) in [6.45, 7) is 7.43. The lowest BCUT2D eigenvalue weighted by atomic mass is 10.0. The summed E-state index contributed by atoms with van der Waals surface area (Å²) in [5.74, 6) is 0.810. The molecule has 7 nitrogen and oxygen atoms in total. The average molecular weight is 344 g/mol. The van der Waals surface area contributed by atoms with Gasteiger partial charge in [0.25, 0.3) is 0 Å². The minimum Gasteiger partial charge on any atom is -0.377 e. The smallest absolute Gasteiger partial charge is 0.227 e. The number of carbonyl (C=O) groups excluding carboxylic acids is 1. The molecular formula is C18H24N4O3. The summed E-state index contributed by atoms with van der Waals surface area (Å²) < 4.78 is 10.8. The van der Waals surface area contributed by atoms with Gasteiger partial charge in [-0.25, -0.2) is 0 Å². The molecule has 25 heavy (non-hydrogen) atoms. The Morgan fingerprint density at radius 2 is 2.04 bits per heavy atom. The van der Waals surface area contributed by atoms with Crippen molar-refractivity contribution in [2.75, 3.05) is 19.8 Å². The number of aromatic nitrogens is 3. The quantitative estimate of drug-likeness (QED) is 0.822. The number of hydrogen-bond donors (Lipinski definition) is 0. The Morgan fingerprint density at radius 1 is 1.24 bits per heavy atom. The van der Waals surface area contributed by atoms with E-state index in [0.29, 0.717) is 31.9 Å². The van der Waals surface area contributed by atoms with E-state index in [9.17, 15) is 4.79 Å². The average Bonchev–Trinajstić information content (AvgIpc) is 2.93. The van der Waals surface area contributed by atoms with Crippen LogP contribution in [-0.2, 0) is 22.4 Å². The Balaban J connectivity index is 1.66. The van der Waals surface area contributed by atoms with Crippen molar-refractivity contribution < 1.29 is 14.1 Å². The van der Waals surface area contributed by atoms with Crippen molar-refractivity contribution in [2.45, 2.75) is 46.1 Å². The second kappa shape index (κ2) is 7.74. The highest BCUT2D eigenvalue weighted by Crippen LogP contribution is 2.19. The molecule has 0 aliphatic carbocycles. The molecule has 1 aliphatic heterocycles. The topological polar surface area (TPSA) is 81.4 Å². The van der Waals surface area contributed by atoms with Crippen LogP contribution in [0.3, 0.4) is 0 Å². The van der Waals surface area contributed by atoms with Gasteiger partial charge in [0.2, 0.25) is 5.91 Å². The van der Waals surface area contributed by atoms with E-state index in [1.165, 1.54) is 0 Å². The van der Waals surface area contributed by atoms with Gasteiger partial charge in [0.05, 0.1) is 42.8 Å². The zero-order valence-electron chi connectivity index (χ0n) is 15.0.